The van der Waals surface area contributed by atoms with Gasteiger partial charge in [-0.15, -0.1) is 0 Å². The molecule has 0 aromatic heterocycles. The van der Waals surface area contributed by atoms with E-state index in [0.29, 0.717) is 30.8 Å². The van der Waals surface area contributed by atoms with Gasteiger partial charge in [0.05, 0.1) is 0 Å². The Morgan fingerprint density at radius 1 is 1.25 bits per heavy atom. The highest BCUT2D eigenvalue weighted by molar-refractivity contribution is 6.03. The molecule has 1 fully saturated rings. The molecule has 3 rings (SSSR count). The first-order chi connectivity index (χ1) is 11.5. The molecule has 1 aromatic carbocycles. The number of hydrogen-bond donors (Lipinski definition) is 2. The van der Waals surface area contributed by atoms with Crippen molar-refractivity contribution >= 4 is 29.4 Å². The molecular weight excluding hydrogens is 314 g/mol. The number of aliphatic carboxylic acids is 1. The number of benzene rings is 1. The molecule has 3 amide bonds. The summed E-state index contributed by atoms with van der Waals surface area (Å²) >= 11 is 0. The zero-order valence-electron chi connectivity index (χ0n) is 12.9. The summed E-state index contributed by atoms with van der Waals surface area (Å²) in [5.74, 6) is -1.90. The molecule has 2 aliphatic rings. The van der Waals surface area contributed by atoms with Crippen LogP contribution in [0.5, 0.6) is 0 Å². The molecule has 2 heterocycles. The van der Waals surface area contributed by atoms with Crippen LogP contribution >= 0.6 is 0 Å². The number of carboxylic acid groups (broad SMARTS) is 1. The van der Waals surface area contributed by atoms with Gasteiger partial charge < -0.3 is 20.2 Å². The van der Waals surface area contributed by atoms with Gasteiger partial charge in [0, 0.05) is 30.8 Å². The van der Waals surface area contributed by atoms with Crippen molar-refractivity contribution in [2.45, 2.75) is 19.4 Å². The van der Waals surface area contributed by atoms with Gasteiger partial charge in [0.2, 0.25) is 11.8 Å². The van der Waals surface area contributed by atoms with Gasteiger partial charge in [0.1, 0.15) is 13.1 Å². The molecule has 24 heavy (non-hydrogen) atoms. The highest BCUT2D eigenvalue weighted by atomic mass is 16.4. The summed E-state index contributed by atoms with van der Waals surface area (Å²) in [7, 11) is 0. The summed E-state index contributed by atoms with van der Waals surface area (Å²) in [5.41, 5.74) is 1.97. The van der Waals surface area contributed by atoms with E-state index in [0.717, 1.165) is 12.0 Å². The lowest BCUT2D eigenvalue weighted by molar-refractivity contribution is -0.138. The van der Waals surface area contributed by atoms with Gasteiger partial charge in [0.15, 0.2) is 0 Å². The van der Waals surface area contributed by atoms with E-state index in [1.165, 1.54) is 4.90 Å². The Kier molecular flexibility index (Phi) is 4.20. The summed E-state index contributed by atoms with van der Waals surface area (Å²) in [6.07, 6.45) is 1.32. The van der Waals surface area contributed by atoms with E-state index in [4.69, 9.17) is 5.11 Å². The van der Waals surface area contributed by atoms with Gasteiger partial charge in [-0.2, -0.15) is 0 Å². The van der Waals surface area contributed by atoms with E-state index in [9.17, 15) is 19.2 Å². The van der Waals surface area contributed by atoms with Crippen molar-refractivity contribution in [2.24, 2.45) is 0 Å². The Balaban J connectivity index is 1.70. The van der Waals surface area contributed by atoms with E-state index in [-0.39, 0.29) is 18.4 Å². The SMILES string of the molecule is O=C(O)CNC(=O)CN1Cc2ccc(N3CCCC3=O)cc2C1=O. The second-order valence-electron chi connectivity index (χ2n) is 5.82. The standard InChI is InChI=1S/C16H17N3O5/c20-13(17-7-15(22)23)9-18-8-10-3-4-11(6-12(10)16(18)24)19-5-1-2-14(19)21/h3-4,6H,1-2,5,7-9H2,(H,17,20)(H,22,23). The maximum Gasteiger partial charge on any atom is 0.322 e. The average Bonchev–Trinajstić information content (AvgIpc) is 3.09. The zero-order chi connectivity index (χ0) is 17.3. The molecule has 0 bridgehead atoms. The second kappa shape index (κ2) is 6.31. The van der Waals surface area contributed by atoms with Crippen molar-refractivity contribution in [3.05, 3.63) is 29.3 Å². The normalized spacial score (nSPS) is 16.5. The number of carboxylic acids is 1. The molecule has 0 unspecified atom stereocenters. The van der Waals surface area contributed by atoms with Crippen molar-refractivity contribution in [1.82, 2.24) is 10.2 Å². The molecule has 126 valence electrons. The molecule has 0 spiro atoms. The van der Waals surface area contributed by atoms with E-state index >= 15 is 0 Å². The minimum Gasteiger partial charge on any atom is -0.480 e. The number of nitrogens with one attached hydrogen (secondary N) is 1. The topological polar surface area (TPSA) is 107 Å². The van der Waals surface area contributed by atoms with Crippen LogP contribution in [-0.4, -0.2) is 53.3 Å². The van der Waals surface area contributed by atoms with Crippen molar-refractivity contribution in [1.29, 1.82) is 0 Å². The highest BCUT2D eigenvalue weighted by Crippen LogP contribution is 2.29. The Hall–Kier alpha value is -2.90. The number of rotatable bonds is 5. The fourth-order valence-electron chi connectivity index (χ4n) is 2.97. The summed E-state index contributed by atoms with van der Waals surface area (Å²) in [6.45, 7) is 0.268. The lowest BCUT2D eigenvalue weighted by Crippen LogP contribution is -2.39. The zero-order valence-corrected chi connectivity index (χ0v) is 12.9. The van der Waals surface area contributed by atoms with Crippen molar-refractivity contribution in [2.75, 3.05) is 24.5 Å². The molecule has 8 heteroatoms. The first-order valence-corrected chi connectivity index (χ1v) is 7.67. The number of anilines is 1. The van der Waals surface area contributed by atoms with E-state index in [1.807, 2.05) is 6.07 Å². The molecule has 8 nitrogen and oxygen atoms in total. The summed E-state index contributed by atoms with van der Waals surface area (Å²) < 4.78 is 0. The van der Waals surface area contributed by atoms with Crippen LogP contribution in [0.1, 0.15) is 28.8 Å². The van der Waals surface area contributed by atoms with Crippen LogP contribution in [-0.2, 0) is 20.9 Å². The monoisotopic (exact) mass is 331 g/mol. The first-order valence-electron chi connectivity index (χ1n) is 7.67. The largest absolute Gasteiger partial charge is 0.480 e. The Morgan fingerprint density at radius 3 is 2.71 bits per heavy atom. The number of carbonyl (C=O) groups is 4. The summed E-state index contributed by atoms with van der Waals surface area (Å²) in [4.78, 5) is 49.4. The molecule has 1 saturated heterocycles. The van der Waals surface area contributed by atoms with Crippen molar-refractivity contribution in [3.8, 4) is 0 Å². The second-order valence-corrected chi connectivity index (χ2v) is 5.82. The smallest absolute Gasteiger partial charge is 0.322 e. The van der Waals surface area contributed by atoms with Crippen molar-refractivity contribution in [3.63, 3.8) is 0 Å². The van der Waals surface area contributed by atoms with Gasteiger partial charge >= 0.3 is 5.97 Å². The molecular formula is C16H17N3O5. The predicted molar refractivity (Wildman–Crippen MR) is 83.4 cm³/mol. The maximum atomic E-state index is 12.4. The van der Waals surface area contributed by atoms with Crippen LogP contribution in [0.15, 0.2) is 18.2 Å². The van der Waals surface area contributed by atoms with Crippen LogP contribution in [0.2, 0.25) is 0 Å². The summed E-state index contributed by atoms with van der Waals surface area (Å²) in [6, 6.07) is 5.29. The van der Waals surface area contributed by atoms with Gasteiger partial charge in [-0.25, -0.2) is 0 Å². The molecule has 2 aliphatic heterocycles. The molecule has 0 atom stereocenters. The lowest BCUT2D eigenvalue weighted by Gasteiger charge is -2.16. The average molecular weight is 331 g/mol. The fraction of sp³-hybridized carbons (Fsp3) is 0.375. The number of hydrogen-bond acceptors (Lipinski definition) is 4. The predicted octanol–water partition coefficient (Wildman–Crippen LogP) is -0.0300. The van der Waals surface area contributed by atoms with Gasteiger partial charge in [-0.3, -0.25) is 19.2 Å². The fourth-order valence-corrected chi connectivity index (χ4v) is 2.97. The van der Waals surface area contributed by atoms with Gasteiger partial charge in [-0.1, -0.05) is 6.07 Å². The number of fused-ring (bicyclic) bond motifs is 1. The molecule has 1 aromatic rings. The molecule has 0 aliphatic carbocycles. The number of nitrogens with zero attached hydrogens (tertiary/aromatic N) is 2. The number of amides is 3. The third-order valence-electron chi connectivity index (χ3n) is 4.13. The minimum absolute atomic E-state index is 0.0466. The lowest BCUT2D eigenvalue weighted by atomic mass is 10.1. The van der Waals surface area contributed by atoms with E-state index in [2.05, 4.69) is 5.32 Å². The van der Waals surface area contributed by atoms with Gasteiger partial charge in [-0.05, 0) is 24.1 Å². The third kappa shape index (κ3) is 3.08. The Bertz CT molecular complexity index is 730. The number of carbonyl (C=O) groups excluding carboxylic acids is 3. The third-order valence-corrected chi connectivity index (χ3v) is 4.13. The van der Waals surface area contributed by atoms with Crippen LogP contribution < -0.4 is 10.2 Å². The van der Waals surface area contributed by atoms with Crippen LogP contribution in [0.3, 0.4) is 0 Å². The first kappa shape index (κ1) is 16.0. The van der Waals surface area contributed by atoms with Crippen molar-refractivity contribution < 1.29 is 24.3 Å². The summed E-state index contributed by atoms with van der Waals surface area (Å²) in [5, 5.41) is 10.8. The van der Waals surface area contributed by atoms with Crippen LogP contribution in [0, 0.1) is 0 Å². The van der Waals surface area contributed by atoms with Crippen LogP contribution in [0.25, 0.3) is 0 Å². The van der Waals surface area contributed by atoms with E-state index < -0.39 is 18.4 Å². The highest BCUT2D eigenvalue weighted by Gasteiger charge is 2.30. The Labute approximate surface area is 138 Å². The molecule has 0 saturated carbocycles. The van der Waals surface area contributed by atoms with Crippen LogP contribution in [0.4, 0.5) is 5.69 Å². The quantitative estimate of drug-likeness (QED) is 0.788. The minimum atomic E-state index is -1.14. The molecule has 2 N–H and O–H groups in total. The maximum absolute atomic E-state index is 12.4. The van der Waals surface area contributed by atoms with E-state index in [1.54, 1.807) is 17.0 Å². The molecule has 0 radical (unpaired) electrons. The van der Waals surface area contributed by atoms with Gasteiger partial charge in [0.25, 0.3) is 5.91 Å². The Morgan fingerprint density at radius 2 is 2.04 bits per heavy atom.